The minimum atomic E-state index is -0.696. The van der Waals surface area contributed by atoms with Gasteiger partial charge >= 0.3 is 5.97 Å². The largest absolute Gasteiger partial charge is 0.481 e. The highest BCUT2D eigenvalue weighted by Gasteiger charge is 2.41. The molecule has 1 saturated heterocycles. The highest BCUT2D eigenvalue weighted by molar-refractivity contribution is 5.66. The topological polar surface area (TPSA) is 40.5 Å². The van der Waals surface area contributed by atoms with Gasteiger partial charge in [0, 0.05) is 25.0 Å². The van der Waals surface area contributed by atoms with Crippen LogP contribution in [0.1, 0.15) is 40.5 Å². The van der Waals surface area contributed by atoms with Crippen LogP contribution < -0.4 is 0 Å². The predicted octanol–water partition coefficient (Wildman–Crippen LogP) is 1.97. The SMILES string of the molecule is CC1(C)CN(C(C)(C)CCC(=O)O)C1. The van der Waals surface area contributed by atoms with E-state index in [0.717, 1.165) is 19.5 Å². The van der Waals surface area contributed by atoms with E-state index in [1.165, 1.54) is 0 Å². The molecule has 3 heteroatoms. The van der Waals surface area contributed by atoms with Gasteiger partial charge in [-0.25, -0.2) is 0 Å². The number of nitrogens with zero attached hydrogens (tertiary/aromatic N) is 1. The van der Waals surface area contributed by atoms with Crippen LogP contribution in [0.2, 0.25) is 0 Å². The number of likely N-dealkylation sites (tertiary alicyclic amines) is 1. The monoisotopic (exact) mass is 199 g/mol. The maximum Gasteiger partial charge on any atom is 0.303 e. The summed E-state index contributed by atoms with van der Waals surface area (Å²) in [7, 11) is 0. The molecular formula is C11H21NO2. The number of hydrogen-bond donors (Lipinski definition) is 1. The lowest BCUT2D eigenvalue weighted by molar-refractivity contribution is -0.138. The van der Waals surface area contributed by atoms with Crippen molar-refractivity contribution in [2.24, 2.45) is 5.41 Å². The van der Waals surface area contributed by atoms with Crippen LogP contribution in [0.4, 0.5) is 0 Å². The first-order chi connectivity index (χ1) is 6.23. The van der Waals surface area contributed by atoms with E-state index < -0.39 is 5.97 Å². The summed E-state index contributed by atoms with van der Waals surface area (Å²) < 4.78 is 0. The Balaban J connectivity index is 2.39. The molecule has 1 N–H and O–H groups in total. The van der Waals surface area contributed by atoms with Crippen molar-refractivity contribution in [2.75, 3.05) is 13.1 Å². The number of carbonyl (C=O) groups is 1. The maximum atomic E-state index is 10.5. The van der Waals surface area contributed by atoms with Crippen molar-refractivity contribution in [1.82, 2.24) is 4.90 Å². The van der Waals surface area contributed by atoms with E-state index in [2.05, 4.69) is 32.6 Å². The van der Waals surface area contributed by atoms with E-state index in [1.54, 1.807) is 0 Å². The third-order valence-electron chi connectivity index (χ3n) is 3.04. The average molecular weight is 199 g/mol. The zero-order chi connectivity index (χ0) is 11.0. The van der Waals surface area contributed by atoms with Crippen molar-refractivity contribution < 1.29 is 9.90 Å². The lowest BCUT2D eigenvalue weighted by Crippen LogP contribution is -2.61. The standard InChI is InChI=1S/C11H21NO2/c1-10(2)7-12(8-10)11(3,4)6-5-9(13)14/h5-8H2,1-4H3,(H,13,14). The fourth-order valence-corrected chi connectivity index (χ4v) is 1.99. The summed E-state index contributed by atoms with van der Waals surface area (Å²) in [4.78, 5) is 12.9. The molecule has 0 amide bonds. The molecule has 0 spiro atoms. The van der Waals surface area contributed by atoms with Gasteiger partial charge in [0.05, 0.1) is 0 Å². The van der Waals surface area contributed by atoms with Crippen LogP contribution in [0, 0.1) is 5.41 Å². The molecule has 1 heterocycles. The Labute approximate surface area is 86.1 Å². The Hall–Kier alpha value is -0.570. The fraction of sp³-hybridized carbons (Fsp3) is 0.909. The second-order valence-corrected chi connectivity index (χ2v) is 5.73. The van der Waals surface area contributed by atoms with Crippen molar-refractivity contribution in [1.29, 1.82) is 0 Å². The second kappa shape index (κ2) is 3.54. The molecule has 0 bridgehead atoms. The van der Waals surface area contributed by atoms with E-state index in [1.807, 2.05) is 0 Å². The summed E-state index contributed by atoms with van der Waals surface area (Å²) in [6.07, 6.45) is 1.00. The van der Waals surface area contributed by atoms with Gasteiger partial charge in [0.25, 0.3) is 0 Å². The molecule has 1 fully saturated rings. The first-order valence-corrected chi connectivity index (χ1v) is 5.20. The number of hydrogen-bond acceptors (Lipinski definition) is 2. The molecule has 14 heavy (non-hydrogen) atoms. The van der Waals surface area contributed by atoms with Gasteiger partial charge in [0.2, 0.25) is 0 Å². The third-order valence-corrected chi connectivity index (χ3v) is 3.04. The molecular weight excluding hydrogens is 178 g/mol. The Bertz CT molecular complexity index is 225. The van der Waals surface area contributed by atoms with Gasteiger partial charge in [-0.1, -0.05) is 13.8 Å². The number of rotatable bonds is 4. The summed E-state index contributed by atoms with van der Waals surface area (Å²) in [5.74, 6) is -0.696. The van der Waals surface area contributed by atoms with Crippen molar-refractivity contribution in [3.63, 3.8) is 0 Å². The lowest BCUT2D eigenvalue weighted by atomic mass is 9.79. The zero-order valence-corrected chi connectivity index (χ0v) is 9.63. The first kappa shape index (κ1) is 11.5. The molecule has 0 aromatic rings. The minimum Gasteiger partial charge on any atom is -0.481 e. The van der Waals surface area contributed by atoms with Crippen LogP contribution in [-0.4, -0.2) is 34.6 Å². The van der Waals surface area contributed by atoms with Gasteiger partial charge in [0.15, 0.2) is 0 Å². The normalized spacial score (nSPS) is 21.7. The summed E-state index contributed by atoms with van der Waals surface area (Å²) >= 11 is 0. The lowest BCUT2D eigenvalue weighted by Gasteiger charge is -2.54. The molecule has 3 nitrogen and oxygen atoms in total. The minimum absolute atomic E-state index is 0.0356. The summed E-state index contributed by atoms with van der Waals surface area (Å²) in [6, 6.07) is 0. The van der Waals surface area contributed by atoms with Crippen LogP contribution in [0.25, 0.3) is 0 Å². The maximum absolute atomic E-state index is 10.5. The molecule has 0 aliphatic carbocycles. The molecule has 0 aromatic carbocycles. The van der Waals surface area contributed by atoms with Crippen LogP contribution in [0.3, 0.4) is 0 Å². The quantitative estimate of drug-likeness (QED) is 0.752. The zero-order valence-electron chi connectivity index (χ0n) is 9.63. The molecule has 0 radical (unpaired) electrons. The van der Waals surface area contributed by atoms with Crippen LogP contribution in [0.5, 0.6) is 0 Å². The molecule has 0 atom stereocenters. The van der Waals surface area contributed by atoms with E-state index >= 15 is 0 Å². The van der Waals surface area contributed by atoms with Gasteiger partial charge in [-0.15, -0.1) is 0 Å². The third kappa shape index (κ3) is 2.71. The summed E-state index contributed by atoms with van der Waals surface area (Å²) in [5, 5.41) is 8.63. The Morgan fingerprint density at radius 3 is 2.29 bits per heavy atom. The highest BCUT2D eigenvalue weighted by Crippen LogP contribution is 2.36. The molecule has 1 aliphatic heterocycles. The Morgan fingerprint density at radius 2 is 1.93 bits per heavy atom. The van der Waals surface area contributed by atoms with E-state index in [9.17, 15) is 4.79 Å². The van der Waals surface area contributed by atoms with Gasteiger partial charge in [-0.05, 0) is 25.7 Å². The van der Waals surface area contributed by atoms with Gasteiger partial charge in [0.1, 0.15) is 0 Å². The highest BCUT2D eigenvalue weighted by atomic mass is 16.4. The van der Waals surface area contributed by atoms with Crippen molar-refractivity contribution in [3.8, 4) is 0 Å². The van der Waals surface area contributed by atoms with E-state index in [-0.39, 0.29) is 12.0 Å². The summed E-state index contributed by atoms with van der Waals surface area (Å²) in [6.45, 7) is 10.9. The summed E-state index contributed by atoms with van der Waals surface area (Å²) in [5.41, 5.74) is 0.453. The van der Waals surface area contributed by atoms with E-state index in [4.69, 9.17) is 5.11 Å². The molecule has 1 aliphatic rings. The molecule has 0 aromatic heterocycles. The van der Waals surface area contributed by atoms with Gasteiger partial charge in [-0.3, -0.25) is 9.69 Å². The smallest absolute Gasteiger partial charge is 0.303 e. The number of aliphatic carboxylic acids is 1. The first-order valence-electron chi connectivity index (χ1n) is 5.20. The second-order valence-electron chi connectivity index (χ2n) is 5.73. The van der Waals surface area contributed by atoms with Crippen molar-refractivity contribution in [3.05, 3.63) is 0 Å². The van der Waals surface area contributed by atoms with Crippen molar-refractivity contribution >= 4 is 5.97 Å². The molecule has 82 valence electrons. The Kier molecular flexibility index (Phi) is 2.91. The molecule has 0 unspecified atom stereocenters. The van der Waals surface area contributed by atoms with Crippen molar-refractivity contribution in [2.45, 2.75) is 46.1 Å². The van der Waals surface area contributed by atoms with Crippen LogP contribution in [0.15, 0.2) is 0 Å². The van der Waals surface area contributed by atoms with E-state index in [0.29, 0.717) is 5.41 Å². The van der Waals surface area contributed by atoms with Gasteiger partial charge in [-0.2, -0.15) is 0 Å². The fourth-order valence-electron chi connectivity index (χ4n) is 1.99. The van der Waals surface area contributed by atoms with Crippen LogP contribution >= 0.6 is 0 Å². The van der Waals surface area contributed by atoms with Gasteiger partial charge < -0.3 is 5.11 Å². The Morgan fingerprint density at radius 1 is 1.43 bits per heavy atom. The average Bonchev–Trinajstić information content (AvgIpc) is 1.96. The van der Waals surface area contributed by atoms with Crippen LogP contribution in [-0.2, 0) is 4.79 Å². The predicted molar refractivity (Wildman–Crippen MR) is 56.3 cm³/mol. The number of carboxylic acids is 1. The molecule has 1 rings (SSSR count). The number of carboxylic acid groups (broad SMARTS) is 1. The molecule has 0 saturated carbocycles.